The van der Waals surface area contributed by atoms with Gasteiger partial charge in [0.2, 0.25) is 0 Å². The third kappa shape index (κ3) is 2.63. The van der Waals surface area contributed by atoms with Gasteiger partial charge >= 0.3 is 0 Å². The maximum Gasteiger partial charge on any atom is 0.00728 e. The van der Waals surface area contributed by atoms with Crippen molar-refractivity contribution >= 4 is 0 Å². The van der Waals surface area contributed by atoms with Crippen LogP contribution in [0.4, 0.5) is 0 Å². The van der Waals surface area contributed by atoms with Crippen molar-refractivity contribution in [1.82, 2.24) is 5.32 Å². The molecule has 86 valence electrons. The summed E-state index contributed by atoms with van der Waals surface area (Å²) in [4.78, 5) is 0. The number of hydrogen-bond acceptors (Lipinski definition) is 1. The Morgan fingerprint density at radius 2 is 2.13 bits per heavy atom. The first-order valence-electron chi connectivity index (χ1n) is 6.73. The molecule has 0 aromatic heterocycles. The summed E-state index contributed by atoms with van der Waals surface area (Å²) in [6.45, 7) is 5.86. The minimum Gasteiger partial charge on any atom is -0.314 e. The van der Waals surface area contributed by atoms with E-state index in [1.165, 1.54) is 38.6 Å². The highest BCUT2D eigenvalue weighted by Crippen LogP contribution is 2.44. The van der Waals surface area contributed by atoms with Gasteiger partial charge in [0, 0.05) is 6.04 Å². The SMILES string of the molecule is CCCCCNC(C)C1CC2C=CC1C2. The molecule has 0 spiro atoms. The van der Waals surface area contributed by atoms with Crippen LogP contribution in [0.5, 0.6) is 0 Å². The molecule has 2 bridgehead atoms. The Labute approximate surface area is 94.3 Å². The fourth-order valence-corrected chi connectivity index (χ4v) is 3.25. The molecule has 0 aromatic rings. The molecule has 2 aliphatic carbocycles. The lowest BCUT2D eigenvalue weighted by Crippen LogP contribution is -2.36. The van der Waals surface area contributed by atoms with Crippen LogP contribution < -0.4 is 5.32 Å². The fourth-order valence-electron chi connectivity index (χ4n) is 3.25. The summed E-state index contributed by atoms with van der Waals surface area (Å²) in [6.07, 6.45) is 11.8. The second-order valence-electron chi connectivity index (χ2n) is 5.39. The van der Waals surface area contributed by atoms with Gasteiger partial charge in [-0.05, 0) is 50.5 Å². The molecule has 2 aliphatic rings. The first kappa shape index (κ1) is 11.2. The summed E-state index contributed by atoms with van der Waals surface area (Å²) >= 11 is 0. The van der Waals surface area contributed by atoms with Crippen LogP contribution in [0.2, 0.25) is 0 Å². The minimum atomic E-state index is 0.724. The standard InChI is InChI=1S/C14H25N/c1-3-4-5-8-15-11(2)14-10-12-6-7-13(14)9-12/h6-7,11-15H,3-5,8-10H2,1-2H3. The van der Waals surface area contributed by atoms with Gasteiger partial charge in [-0.2, -0.15) is 0 Å². The average Bonchev–Trinajstić information content (AvgIpc) is 2.85. The zero-order valence-electron chi connectivity index (χ0n) is 10.2. The van der Waals surface area contributed by atoms with E-state index in [1.807, 2.05) is 0 Å². The number of nitrogens with one attached hydrogen (secondary N) is 1. The second kappa shape index (κ2) is 5.16. The molecule has 0 aliphatic heterocycles. The lowest BCUT2D eigenvalue weighted by Gasteiger charge is -2.26. The summed E-state index contributed by atoms with van der Waals surface area (Å²) in [6, 6.07) is 0.724. The smallest absolute Gasteiger partial charge is 0.00728 e. The van der Waals surface area contributed by atoms with Crippen molar-refractivity contribution in [2.75, 3.05) is 6.54 Å². The summed E-state index contributed by atoms with van der Waals surface area (Å²) < 4.78 is 0. The van der Waals surface area contributed by atoms with Gasteiger partial charge in [0.25, 0.3) is 0 Å². The molecule has 0 saturated heterocycles. The molecule has 2 rings (SSSR count). The quantitative estimate of drug-likeness (QED) is 0.520. The Morgan fingerprint density at radius 3 is 2.73 bits per heavy atom. The van der Waals surface area contributed by atoms with Crippen LogP contribution in [0.15, 0.2) is 12.2 Å². The highest BCUT2D eigenvalue weighted by atomic mass is 14.9. The van der Waals surface area contributed by atoms with Crippen molar-refractivity contribution < 1.29 is 0 Å². The number of allylic oxidation sites excluding steroid dienone is 2. The van der Waals surface area contributed by atoms with E-state index < -0.39 is 0 Å². The molecule has 0 radical (unpaired) electrons. The molecular weight excluding hydrogens is 182 g/mol. The molecule has 0 heterocycles. The lowest BCUT2D eigenvalue weighted by atomic mass is 9.87. The lowest BCUT2D eigenvalue weighted by molar-refractivity contribution is 0.326. The second-order valence-corrected chi connectivity index (χ2v) is 5.39. The van der Waals surface area contributed by atoms with Crippen LogP contribution in [-0.2, 0) is 0 Å². The zero-order valence-corrected chi connectivity index (χ0v) is 10.2. The predicted octanol–water partition coefficient (Wildman–Crippen LogP) is 3.37. The van der Waals surface area contributed by atoms with E-state index in [1.54, 1.807) is 0 Å². The van der Waals surface area contributed by atoms with Crippen molar-refractivity contribution in [3.63, 3.8) is 0 Å². The van der Waals surface area contributed by atoms with Crippen LogP contribution in [0, 0.1) is 17.8 Å². The summed E-state index contributed by atoms with van der Waals surface area (Å²) in [5.41, 5.74) is 0. The van der Waals surface area contributed by atoms with E-state index in [0.29, 0.717) is 0 Å². The van der Waals surface area contributed by atoms with Crippen molar-refractivity contribution in [2.24, 2.45) is 17.8 Å². The summed E-state index contributed by atoms with van der Waals surface area (Å²) in [7, 11) is 0. The zero-order chi connectivity index (χ0) is 10.7. The Morgan fingerprint density at radius 1 is 1.27 bits per heavy atom. The van der Waals surface area contributed by atoms with Crippen LogP contribution in [-0.4, -0.2) is 12.6 Å². The normalized spacial score (nSPS) is 34.9. The molecule has 4 unspecified atom stereocenters. The topological polar surface area (TPSA) is 12.0 Å². The van der Waals surface area contributed by atoms with Crippen molar-refractivity contribution in [3.05, 3.63) is 12.2 Å². The fraction of sp³-hybridized carbons (Fsp3) is 0.857. The largest absolute Gasteiger partial charge is 0.314 e. The van der Waals surface area contributed by atoms with E-state index >= 15 is 0 Å². The van der Waals surface area contributed by atoms with Crippen molar-refractivity contribution in [3.8, 4) is 0 Å². The monoisotopic (exact) mass is 207 g/mol. The third-order valence-electron chi connectivity index (χ3n) is 4.22. The van der Waals surface area contributed by atoms with Crippen LogP contribution in [0.3, 0.4) is 0 Å². The molecule has 0 aromatic carbocycles. The molecule has 0 amide bonds. The Kier molecular flexibility index (Phi) is 3.85. The Bertz CT molecular complexity index is 221. The van der Waals surface area contributed by atoms with Gasteiger partial charge in [-0.25, -0.2) is 0 Å². The van der Waals surface area contributed by atoms with Crippen molar-refractivity contribution in [2.45, 2.75) is 52.0 Å². The van der Waals surface area contributed by atoms with Crippen molar-refractivity contribution in [1.29, 1.82) is 0 Å². The molecule has 1 saturated carbocycles. The highest BCUT2D eigenvalue weighted by molar-refractivity contribution is 5.11. The number of rotatable bonds is 6. The Hall–Kier alpha value is -0.300. The molecule has 1 fully saturated rings. The number of fused-ring (bicyclic) bond motifs is 2. The summed E-state index contributed by atoms with van der Waals surface area (Å²) in [5, 5.41) is 3.71. The third-order valence-corrected chi connectivity index (χ3v) is 4.22. The number of hydrogen-bond donors (Lipinski definition) is 1. The first-order chi connectivity index (χ1) is 7.31. The van der Waals surface area contributed by atoms with Gasteiger partial charge < -0.3 is 5.32 Å². The molecule has 1 N–H and O–H groups in total. The molecule has 4 atom stereocenters. The van der Waals surface area contributed by atoms with Gasteiger partial charge in [0.1, 0.15) is 0 Å². The maximum atomic E-state index is 3.71. The molecule has 1 nitrogen and oxygen atoms in total. The van der Waals surface area contributed by atoms with E-state index in [0.717, 1.165) is 23.8 Å². The number of unbranched alkanes of at least 4 members (excludes halogenated alkanes) is 2. The first-order valence-corrected chi connectivity index (χ1v) is 6.73. The van der Waals surface area contributed by atoms with Gasteiger partial charge in [-0.1, -0.05) is 31.9 Å². The Balaban J connectivity index is 1.68. The van der Waals surface area contributed by atoms with Gasteiger partial charge in [-0.15, -0.1) is 0 Å². The van der Waals surface area contributed by atoms with Gasteiger partial charge in [-0.3, -0.25) is 0 Å². The molecular formula is C14H25N. The predicted molar refractivity (Wildman–Crippen MR) is 65.8 cm³/mol. The van der Waals surface area contributed by atoms with Gasteiger partial charge in [0.05, 0.1) is 0 Å². The molecule has 1 heteroatoms. The average molecular weight is 207 g/mol. The van der Waals surface area contributed by atoms with Crippen LogP contribution in [0.25, 0.3) is 0 Å². The van der Waals surface area contributed by atoms with E-state index in [9.17, 15) is 0 Å². The van der Waals surface area contributed by atoms with E-state index in [-0.39, 0.29) is 0 Å². The van der Waals surface area contributed by atoms with Crippen LogP contribution in [0.1, 0.15) is 46.0 Å². The molecule has 15 heavy (non-hydrogen) atoms. The van der Waals surface area contributed by atoms with Crippen LogP contribution >= 0.6 is 0 Å². The van der Waals surface area contributed by atoms with E-state index in [2.05, 4.69) is 31.3 Å². The highest BCUT2D eigenvalue weighted by Gasteiger charge is 2.37. The minimum absolute atomic E-state index is 0.724. The van der Waals surface area contributed by atoms with E-state index in [4.69, 9.17) is 0 Å². The summed E-state index contributed by atoms with van der Waals surface area (Å²) in [5.74, 6) is 2.73. The maximum absolute atomic E-state index is 3.71. The van der Waals surface area contributed by atoms with Gasteiger partial charge in [0.15, 0.2) is 0 Å².